The number of nitrogen functional groups attached to an aromatic ring is 1. The Kier molecular flexibility index (Phi) is 2.75. The Labute approximate surface area is 109 Å². The molecule has 2 heterocycles. The van der Waals surface area contributed by atoms with Gasteiger partial charge in [-0.1, -0.05) is 0 Å². The van der Waals surface area contributed by atoms with Gasteiger partial charge in [-0.05, 0) is 19.1 Å². The number of aromatic nitrogens is 4. The average molecular weight is 255 g/mol. The molecule has 3 aromatic rings. The summed E-state index contributed by atoms with van der Waals surface area (Å²) in [6.45, 7) is 2.57. The summed E-state index contributed by atoms with van der Waals surface area (Å²) in [5.74, 6) is 1.81. The topological polar surface area (TPSA) is 78.8 Å². The van der Waals surface area contributed by atoms with Crippen LogP contribution in [0.15, 0.2) is 36.9 Å². The Morgan fingerprint density at radius 3 is 3.00 bits per heavy atom. The van der Waals surface area contributed by atoms with Crippen LogP contribution in [0.1, 0.15) is 6.92 Å². The first kappa shape index (κ1) is 11.5. The molecule has 0 radical (unpaired) electrons. The number of hydrogen-bond donors (Lipinski definition) is 1. The highest BCUT2D eigenvalue weighted by atomic mass is 16.5. The molecule has 2 aromatic heterocycles. The fourth-order valence-electron chi connectivity index (χ4n) is 1.91. The van der Waals surface area contributed by atoms with Crippen molar-refractivity contribution < 1.29 is 4.74 Å². The third-order valence-corrected chi connectivity index (χ3v) is 2.72. The van der Waals surface area contributed by atoms with Gasteiger partial charge in [0.05, 0.1) is 30.0 Å². The van der Waals surface area contributed by atoms with E-state index in [-0.39, 0.29) is 0 Å². The largest absolute Gasteiger partial charge is 0.494 e. The molecule has 3 rings (SSSR count). The number of hydrogen-bond acceptors (Lipinski definition) is 5. The Morgan fingerprint density at radius 1 is 1.32 bits per heavy atom. The molecule has 6 nitrogen and oxygen atoms in total. The van der Waals surface area contributed by atoms with E-state index in [0.717, 1.165) is 16.8 Å². The lowest BCUT2D eigenvalue weighted by Crippen LogP contribution is -2.00. The van der Waals surface area contributed by atoms with Crippen LogP contribution in [0.5, 0.6) is 5.75 Å². The summed E-state index contributed by atoms with van der Waals surface area (Å²) in [6.07, 6.45) is 4.85. The van der Waals surface area contributed by atoms with Crippen LogP contribution >= 0.6 is 0 Å². The predicted molar refractivity (Wildman–Crippen MR) is 72.2 cm³/mol. The molecule has 6 heteroatoms. The average Bonchev–Trinajstić information content (AvgIpc) is 2.82. The van der Waals surface area contributed by atoms with E-state index in [1.165, 1.54) is 6.20 Å². The van der Waals surface area contributed by atoms with Crippen molar-refractivity contribution in [2.45, 2.75) is 6.92 Å². The lowest BCUT2D eigenvalue weighted by Gasteiger charge is -2.05. The molecule has 0 unspecified atom stereocenters. The number of fused-ring (bicyclic) bond motifs is 1. The van der Waals surface area contributed by atoms with Gasteiger partial charge < -0.3 is 10.5 Å². The zero-order valence-corrected chi connectivity index (χ0v) is 10.4. The van der Waals surface area contributed by atoms with Gasteiger partial charge in [-0.25, -0.2) is 9.97 Å². The van der Waals surface area contributed by atoms with Gasteiger partial charge in [-0.15, -0.1) is 0 Å². The molecule has 0 atom stereocenters. The first-order valence-corrected chi connectivity index (χ1v) is 5.95. The van der Waals surface area contributed by atoms with Crippen molar-refractivity contribution in [3.8, 4) is 11.6 Å². The van der Waals surface area contributed by atoms with Crippen LogP contribution in [-0.4, -0.2) is 26.1 Å². The molecule has 0 fully saturated rings. The normalized spacial score (nSPS) is 10.8. The number of ether oxygens (including phenoxy) is 1. The number of rotatable bonds is 3. The summed E-state index contributed by atoms with van der Waals surface area (Å²) in [4.78, 5) is 12.6. The van der Waals surface area contributed by atoms with Crippen molar-refractivity contribution in [1.82, 2.24) is 19.5 Å². The van der Waals surface area contributed by atoms with E-state index in [1.807, 2.05) is 29.7 Å². The highest BCUT2D eigenvalue weighted by Crippen LogP contribution is 2.22. The van der Waals surface area contributed by atoms with Gasteiger partial charge in [0.25, 0.3) is 0 Å². The van der Waals surface area contributed by atoms with Crippen LogP contribution in [-0.2, 0) is 0 Å². The Bertz CT molecular complexity index is 722. The standard InChI is InChI=1S/C13H13N5O/c1-2-19-9-3-4-10-11(5-9)18(8-16-10)13-7-15-6-12(14)17-13/h3-8H,2H2,1H3,(H2,14,17). The molecule has 0 aliphatic carbocycles. The van der Waals surface area contributed by atoms with E-state index in [2.05, 4.69) is 15.0 Å². The number of imidazole rings is 1. The van der Waals surface area contributed by atoms with E-state index >= 15 is 0 Å². The van der Waals surface area contributed by atoms with Crippen LogP contribution in [0.3, 0.4) is 0 Å². The van der Waals surface area contributed by atoms with Crippen LogP contribution in [0, 0.1) is 0 Å². The lowest BCUT2D eigenvalue weighted by molar-refractivity contribution is 0.340. The lowest BCUT2D eigenvalue weighted by atomic mass is 10.3. The van der Waals surface area contributed by atoms with Crippen LogP contribution in [0.25, 0.3) is 16.9 Å². The molecular formula is C13H13N5O. The van der Waals surface area contributed by atoms with E-state index in [9.17, 15) is 0 Å². The number of anilines is 1. The molecule has 2 N–H and O–H groups in total. The molecule has 96 valence electrons. The monoisotopic (exact) mass is 255 g/mol. The molecule has 0 amide bonds. The van der Waals surface area contributed by atoms with Crippen molar-refractivity contribution in [3.05, 3.63) is 36.9 Å². The molecule has 0 bridgehead atoms. The molecular weight excluding hydrogens is 242 g/mol. The fourth-order valence-corrected chi connectivity index (χ4v) is 1.91. The van der Waals surface area contributed by atoms with Gasteiger partial charge in [-0.2, -0.15) is 0 Å². The minimum atomic E-state index is 0.375. The first-order valence-electron chi connectivity index (χ1n) is 5.95. The third kappa shape index (κ3) is 2.08. The van der Waals surface area contributed by atoms with Gasteiger partial charge >= 0.3 is 0 Å². The summed E-state index contributed by atoms with van der Waals surface area (Å²) in [5, 5.41) is 0. The Morgan fingerprint density at radius 2 is 2.21 bits per heavy atom. The van der Waals surface area contributed by atoms with Gasteiger partial charge in [-0.3, -0.25) is 9.55 Å². The van der Waals surface area contributed by atoms with E-state index in [1.54, 1.807) is 12.5 Å². The molecule has 1 aromatic carbocycles. The number of benzene rings is 1. The van der Waals surface area contributed by atoms with Crippen molar-refractivity contribution in [1.29, 1.82) is 0 Å². The van der Waals surface area contributed by atoms with E-state index in [0.29, 0.717) is 18.2 Å². The predicted octanol–water partition coefficient (Wildman–Crippen LogP) is 1.80. The second-order valence-corrected chi connectivity index (χ2v) is 4.00. The van der Waals surface area contributed by atoms with Crippen molar-refractivity contribution >= 4 is 16.9 Å². The summed E-state index contributed by atoms with van der Waals surface area (Å²) in [5.41, 5.74) is 7.43. The molecule has 0 aliphatic rings. The highest BCUT2D eigenvalue weighted by molar-refractivity contribution is 5.78. The van der Waals surface area contributed by atoms with Gasteiger partial charge in [0.2, 0.25) is 0 Å². The molecule has 0 aliphatic heterocycles. The van der Waals surface area contributed by atoms with Crippen molar-refractivity contribution in [2.24, 2.45) is 0 Å². The Hall–Kier alpha value is -2.63. The first-order chi connectivity index (χ1) is 9.28. The Balaban J connectivity index is 2.15. The van der Waals surface area contributed by atoms with Crippen molar-refractivity contribution in [3.63, 3.8) is 0 Å². The third-order valence-electron chi connectivity index (χ3n) is 2.72. The maximum Gasteiger partial charge on any atom is 0.159 e. The second kappa shape index (κ2) is 4.56. The maximum absolute atomic E-state index is 5.65. The SMILES string of the molecule is CCOc1ccc2ncn(-c3cncc(N)n3)c2c1. The quantitative estimate of drug-likeness (QED) is 0.772. The number of nitrogens with zero attached hydrogens (tertiary/aromatic N) is 4. The fraction of sp³-hybridized carbons (Fsp3) is 0.154. The zero-order chi connectivity index (χ0) is 13.2. The highest BCUT2D eigenvalue weighted by Gasteiger charge is 2.07. The minimum Gasteiger partial charge on any atom is -0.494 e. The summed E-state index contributed by atoms with van der Waals surface area (Å²) < 4.78 is 7.33. The maximum atomic E-state index is 5.65. The van der Waals surface area contributed by atoms with Gasteiger partial charge in [0.1, 0.15) is 17.9 Å². The molecule has 0 spiro atoms. The zero-order valence-electron chi connectivity index (χ0n) is 10.4. The van der Waals surface area contributed by atoms with Crippen LogP contribution in [0.4, 0.5) is 5.82 Å². The smallest absolute Gasteiger partial charge is 0.159 e. The van der Waals surface area contributed by atoms with E-state index < -0.39 is 0 Å². The molecule has 0 saturated carbocycles. The molecule has 0 saturated heterocycles. The van der Waals surface area contributed by atoms with E-state index in [4.69, 9.17) is 10.5 Å². The van der Waals surface area contributed by atoms with Crippen molar-refractivity contribution in [2.75, 3.05) is 12.3 Å². The van der Waals surface area contributed by atoms with Gasteiger partial charge in [0, 0.05) is 6.07 Å². The number of nitrogens with two attached hydrogens (primary N) is 1. The van der Waals surface area contributed by atoms with Gasteiger partial charge in [0.15, 0.2) is 5.82 Å². The van der Waals surface area contributed by atoms with Crippen LogP contribution in [0.2, 0.25) is 0 Å². The summed E-state index contributed by atoms with van der Waals surface area (Å²) >= 11 is 0. The second-order valence-electron chi connectivity index (χ2n) is 4.00. The molecule has 19 heavy (non-hydrogen) atoms. The summed E-state index contributed by atoms with van der Waals surface area (Å²) in [6, 6.07) is 5.74. The minimum absolute atomic E-state index is 0.375. The van der Waals surface area contributed by atoms with Crippen LogP contribution < -0.4 is 10.5 Å². The summed E-state index contributed by atoms with van der Waals surface area (Å²) in [7, 11) is 0.